The van der Waals surface area contributed by atoms with Gasteiger partial charge in [-0.15, -0.1) is 0 Å². The summed E-state index contributed by atoms with van der Waals surface area (Å²) in [4.78, 5) is 26.8. The Labute approximate surface area is 194 Å². The average Bonchev–Trinajstić information content (AvgIpc) is 2.83. The van der Waals surface area contributed by atoms with Crippen LogP contribution in [-0.4, -0.2) is 43.9 Å². The summed E-state index contributed by atoms with van der Waals surface area (Å²) < 4.78 is 11.1. The first kappa shape index (κ1) is 22.6. The van der Waals surface area contributed by atoms with Crippen molar-refractivity contribution in [3.05, 3.63) is 89.0 Å². The van der Waals surface area contributed by atoms with Gasteiger partial charge in [-0.25, -0.2) is 0 Å². The Morgan fingerprint density at radius 3 is 2.39 bits per heavy atom. The fourth-order valence-corrected chi connectivity index (χ4v) is 4.39. The van der Waals surface area contributed by atoms with Crippen LogP contribution in [0, 0.1) is 0 Å². The lowest BCUT2D eigenvalue weighted by atomic mass is 9.87. The van der Waals surface area contributed by atoms with Crippen molar-refractivity contribution in [3.8, 4) is 11.5 Å². The predicted molar refractivity (Wildman–Crippen MR) is 128 cm³/mol. The number of rotatable bonds is 7. The Hall–Kier alpha value is -3.64. The highest BCUT2D eigenvalue weighted by atomic mass is 16.5. The Morgan fingerprint density at radius 2 is 1.70 bits per heavy atom. The lowest BCUT2D eigenvalue weighted by Crippen LogP contribution is -2.41. The number of nitrogens with one attached hydrogen (secondary N) is 1. The number of nitrogens with zero attached hydrogens (tertiary/aromatic N) is 1. The zero-order valence-electron chi connectivity index (χ0n) is 19.1. The molecule has 1 heterocycles. The molecule has 0 fully saturated rings. The lowest BCUT2D eigenvalue weighted by Gasteiger charge is -2.37. The molecular formula is C27H28N2O4. The van der Waals surface area contributed by atoms with Crippen molar-refractivity contribution in [2.75, 3.05) is 32.6 Å². The summed E-state index contributed by atoms with van der Waals surface area (Å²) in [5, 5.41) is 2.94. The van der Waals surface area contributed by atoms with Crippen LogP contribution >= 0.6 is 0 Å². The molecule has 33 heavy (non-hydrogen) atoms. The Balaban J connectivity index is 1.63. The molecule has 4 rings (SSSR count). The van der Waals surface area contributed by atoms with E-state index in [1.54, 1.807) is 38.5 Å². The second-order valence-corrected chi connectivity index (χ2v) is 8.12. The highest BCUT2D eigenvalue weighted by Gasteiger charge is 2.31. The number of carbonyl (C=O) groups excluding carboxylic acids is 2. The van der Waals surface area contributed by atoms with Gasteiger partial charge in [-0.3, -0.25) is 14.5 Å². The fraction of sp³-hybridized carbons (Fsp3) is 0.259. The second-order valence-electron chi connectivity index (χ2n) is 8.12. The monoisotopic (exact) mass is 444 g/mol. The van der Waals surface area contributed by atoms with E-state index in [1.807, 2.05) is 30.3 Å². The van der Waals surface area contributed by atoms with E-state index in [9.17, 15) is 9.59 Å². The van der Waals surface area contributed by atoms with Crippen LogP contribution in [0.25, 0.3) is 0 Å². The maximum Gasteiger partial charge on any atom is 0.238 e. The molecule has 6 nitrogen and oxygen atoms in total. The molecule has 1 aliphatic heterocycles. The van der Waals surface area contributed by atoms with E-state index in [0.29, 0.717) is 22.7 Å². The van der Waals surface area contributed by atoms with E-state index in [4.69, 9.17) is 9.47 Å². The van der Waals surface area contributed by atoms with Gasteiger partial charge in [0.15, 0.2) is 17.3 Å². The van der Waals surface area contributed by atoms with Crippen molar-refractivity contribution in [2.24, 2.45) is 0 Å². The number of hydrogen-bond donors (Lipinski definition) is 1. The van der Waals surface area contributed by atoms with Crippen molar-refractivity contribution in [3.63, 3.8) is 0 Å². The third-order valence-electron chi connectivity index (χ3n) is 5.99. The fourth-order valence-electron chi connectivity index (χ4n) is 4.39. The molecule has 3 aromatic rings. The summed E-state index contributed by atoms with van der Waals surface area (Å²) in [6.07, 6.45) is 0.798. The number of Topliss-reactive ketones (excluding diaryl/α,β-unsaturated/α-hetero) is 1. The van der Waals surface area contributed by atoms with Gasteiger partial charge in [-0.1, -0.05) is 42.5 Å². The molecule has 0 spiro atoms. The van der Waals surface area contributed by atoms with Gasteiger partial charge in [0.2, 0.25) is 5.91 Å². The van der Waals surface area contributed by atoms with Gasteiger partial charge in [-0.05, 0) is 54.3 Å². The normalized spacial score (nSPS) is 15.4. The van der Waals surface area contributed by atoms with Gasteiger partial charge in [0.05, 0.1) is 26.8 Å². The molecular weight excluding hydrogens is 416 g/mol. The average molecular weight is 445 g/mol. The highest BCUT2D eigenvalue weighted by Crippen LogP contribution is 2.40. The number of carbonyl (C=O) groups is 2. The number of anilines is 1. The smallest absolute Gasteiger partial charge is 0.238 e. The van der Waals surface area contributed by atoms with Gasteiger partial charge in [0, 0.05) is 17.8 Å². The minimum Gasteiger partial charge on any atom is -0.493 e. The highest BCUT2D eigenvalue weighted by molar-refractivity contribution is 5.97. The van der Waals surface area contributed by atoms with Crippen LogP contribution in [0.15, 0.2) is 66.7 Å². The van der Waals surface area contributed by atoms with Crippen LogP contribution in [-0.2, 0) is 11.2 Å². The zero-order chi connectivity index (χ0) is 23.4. The molecule has 0 unspecified atom stereocenters. The molecule has 6 heteroatoms. The molecule has 0 bridgehead atoms. The van der Waals surface area contributed by atoms with Crippen LogP contribution in [0.4, 0.5) is 5.69 Å². The summed E-state index contributed by atoms with van der Waals surface area (Å²) in [7, 11) is 3.27. The molecule has 0 saturated carbocycles. The first-order chi connectivity index (χ1) is 16.0. The van der Waals surface area contributed by atoms with Crippen molar-refractivity contribution >= 4 is 17.4 Å². The largest absolute Gasteiger partial charge is 0.493 e. The van der Waals surface area contributed by atoms with E-state index in [2.05, 4.69) is 22.3 Å². The number of ether oxygens (including phenoxy) is 2. The van der Waals surface area contributed by atoms with Gasteiger partial charge in [0.25, 0.3) is 0 Å². The third kappa shape index (κ3) is 4.91. The maximum atomic E-state index is 13.0. The van der Waals surface area contributed by atoms with Crippen LogP contribution in [0.1, 0.15) is 40.0 Å². The molecule has 0 radical (unpaired) electrons. The molecule has 1 atom stereocenters. The van der Waals surface area contributed by atoms with Crippen LogP contribution in [0.3, 0.4) is 0 Å². The summed E-state index contributed by atoms with van der Waals surface area (Å²) >= 11 is 0. The molecule has 0 saturated heterocycles. The number of hydrogen-bond acceptors (Lipinski definition) is 5. The molecule has 0 aliphatic carbocycles. The van der Waals surface area contributed by atoms with Gasteiger partial charge in [-0.2, -0.15) is 0 Å². The number of amides is 1. The van der Waals surface area contributed by atoms with Crippen molar-refractivity contribution < 1.29 is 19.1 Å². The predicted octanol–water partition coefficient (Wildman–Crippen LogP) is 4.49. The van der Waals surface area contributed by atoms with Gasteiger partial charge < -0.3 is 14.8 Å². The van der Waals surface area contributed by atoms with E-state index in [-0.39, 0.29) is 24.3 Å². The lowest BCUT2D eigenvalue weighted by molar-refractivity contribution is -0.117. The summed E-state index contributed by atoms with van der Waals surface area (Å²) in [6.45, 7) is 2.46. The number of ketones is 1. The van der Waals surface area contributed by atoms with E-state index in [0.717, 1.165) is 24.1 Å². The second kappa shape index (κ2) is 9.88. The number of fused-ring (bicyclic) bond motifs is 1. The quantitative estimate of drug-likeness (QED) is 0.544. The molecule has 1 amide bonds. The van der Waals surface area contributed by atoms with Crippen LogP contribution < -0.4 is 14.8 Å². The Kier molecular flexibility index (Phi) is 6.75. The van der Waals surface area contributed by atoms with Crippen molar-refractivity contribution in [1.82, 2.24) is 4.90 Å². The minimum atomic E-state index is -0.124. The Morgan fingerprint density at radius 1 is 0.970 bits per heavy atom. The third-order valence-corrected chi connectivity index (χ3v) is 5.99. The number of benzene rings is 3. The van der Waals surface area contributed by atoms with Crippen molar-refractivity contribution in [2.45, 2.75) is 19.4 Å². The van der Waals surface area contributed by atoms with Crippen LogP contribution in [0.5, 0.6) is 11.5 Å². The first-order valence-electron chi connectivity index (χ1n) is 10.9. The van der Waals surface area contributed by atoms with Gasteiger partial charge in [0.1, 0.15) is 0 Å². The molecule has 1 aliphatic rings. The first-order valence-corrected chi connectivity index (χ1v) is 10.9. The van der Waals surface area contributed by atoms with E-state index in [1.165, 1.54) is 12.5 Å². The summed E-state index contributed by atoms with van der Waals surface area (Å²) in [5.41, 5.74) is 4.59. The standard InChI is InChI=1S/C27H28N2O4/c1-18(30)20-10-7-11-22(14-20)28-26(31)17-29-13-12-21-15-24(32-2)25(33-3)16-23(21)27(29)19-8-5-4-6-9-19/h4-11,14-16,27H,12-13,17H2,1-3H3,(H,28,31)/t27-/m1/s1. The SMILES string of the molecule is COc1cc2c(cc1OC)[C@@H](c1ccccc1)N(CC(=O)Nc1cccc(C(C)=O)c1)CC2. The number of methoxy groups -OCH3 is 2. The van der Waals surface area contributed by atoms with E-state index < -0.39 is 0 Å². The van der Waals surface area contributed by atoms with Crippen LogP contribution in [0.2, 0.25) is 0 Å². The minimum absolute atomic E-state index is 0.0350. The maximum absolute atomic E-state index is 13.0. The van der Waals surface area contributed by atoms with Crippen molar-refractivity contribution in [1.29, 1.82) is 0 Å². The summed E-state index contributed by atoms with van der Waals surface area (Å²) in [5.74, 6) is 1.22. The Bertz CT molecular complexity index is 1160. The molecule has 3 aromatic carbocycles. The summed E-state index contributed by atoms with van der Waals surface area (Å²) in [6, 6.07) is 21.1. The van der Waals surface area contributed by atoms with E-state index >= 15 is 0 Å². The topological polar surface area (TPSA) is 67.9 Å². The zero-order valence-corrected chi connectivity index (χ0v) is 19.1. The van der Waals surface area contributed by atoms with Gasteiger partial charge >= 0.3 is 0 Å². The molecule has 0 aromatic heterocycles. The molecule has 170 valence electrons. The molecule has 1 N–H and O–H groups in total.